The summed E-state index contributed by atoms with van der Waals surface area (Å²) in [6.45, 7) is 12.6. The monoisotopic (exact) mass is 928 g/mol. The summed E-state index contributed by atoms with van der Waals surface area (Å²) in [7, 11) is 6.24. The summed E-state index contributed by atoms with van der Waals surface area (Å²) in [5.74, 6) is -6.61. The number of amides is 1. The van der Waals surface area contributed by atoms with Crippen LogP contribution < -0.4 is 0 Å². The molecule has 3 rings (SSSR count). The van der Waals surface area contributed by atoms with Crippen LogP contribution in [0.1, 0.15) is 126 Å². The quantitative estimate of drug-likeness (QED) is 0.156. The standard InChI is InChI=1S/C52H81NO13/c1-31-17-13-12-14-18-32(2)43(63-9)29-39(54)22-20-33(3)46(56)49(59)51(60)53-24-16-15-19-40(53)52(61)66-44(35(5)27-38-21-23-42(62-8)45(28-38)64-10)30-41(55)34(4)26-37(7)48(58)50(65-11)47(57)36(6)25-31/h12-14,17-18,26,31,33-36,38-40,42-45,48,50,54,58H,15-16,19-25,27-30H2,1-11H3/t31-,33-,34-,35-,36-,38+,39+,40+,42-,43+,44+,45-,48-,50+/m1/s1. The first-order valence-corrected chi connectivity index (χ1v) is 24.1. The fraction of sp³-hybridized carbons (Fsp3) is 0.731. The van der Waals surface area contributed by atoms with Gasteiger partial charge in [-0.15, -0.1) is 0 Å². The molecule has 0 spiro atoms. The van der Waals surface area contributed by atoms with Crippen molar-refractivity contribution in [3.05, 3.63) is 47.6 Å². The Labute approximate surface area is 393 Å². The number of aliphatic hydroxyl groups is 2. The molecule has 1 saturated heterocycles. The average Bonchev–Trinajstić information content (AvgIpc) is 3.30. The Kier molecular flexibility index (Phi) is 24.0. The van der Waals surface area contributed by atoms with Gasteiger partial charge in [0.1, 0.15) is 30.1 Å². The molecule has 0 unspecified atom stereocenters. The second kappa shape index (κ2) is 28.0. The number of hydrogen-bond donors (Lipinski definition) is 2. The van der Waals surface area contributed by atoms with Crippen LogP contribution in [-0.4, -0.2) is 134 Å². The Hall–Kier alpha value is -3.66. The van der Waals surface area contributed by atoms with Crippen molar-refractivity contribution >= 4 is 35.0 Å². The Balaban J connectivity index is 1.98. The predicted molar refractivity (Wildman–Crippen MR) is 251 cm³/mol. The van der Waals surface area contributed by atoms with Gasteiger partial charge in [0.05, 0.1) is 24.4 Å². The van der Waals surface area contributed by atoms with Crippen molar-refractivity contribution in [2.24, 2.45) is 35.5 Å². The zero-order chi connectivity index (χ0) is 49.2. The van der Waals surface area contributed by atoms with Crippen molar-refractivity contribution in [1.82, 2.24) is 4.90 Å². The van der Waals surface area contributed by atoms with E-state index in [0.717, 1.165) is 29.7 Å². The number of carbonyl (C=O) groups excluding carboxylic acids is 6. The molecule has 0 bridgehead atoms. The van der Waals surface area contributed by atoms with Gasteiger partial charge in [0.15, 0.2) is 5.78 Å². The molecule has 1 amide bonds. The molecule has 14 atom stereocenters. The van der Waals surface area contributed by atoms with Crippen molar-refractivity contribution in [2.45, 2.75) is 174 Å². The lowest BCUT2D eigenvalue weighted by Crippen LogP contribution is -2.53. The van der Waals surface area contributed by atoms with Gasteiger partial charge in [-0.25, -0.2) is 4.79 Å². The molecular weight excluding hydrogens is 847 g/mol. The first-order valence-electron chi connectivity index (χ1n) is 24.1. The molecule has 14 heteroatoms. The van der Waals surface area contributed by atoms with Gasteiger partial charge < -0.3 is 38.8 Å². The molecule has 2 aliphatic heterocycles. The summed E-state index contributed by atoms with van der Waals surface area (Å²) in [5.41, 5.74) is 1.25. The van der Waals surface area contributed by atoms with Crippen LogP contribution in [0.4, 0.5) is 0 Å². The topological polar surface area (TPSA) is 192 Å². The number of rotatable bonds is 7. The number of piperidine rings is 1. The van der Waals surface area contributed by atoms with Crippen molar-refractivity contribution in [3.63, 3.8) is 0 Å². The van der Waals surface area contributed by atoms with Gasteiger partial charge in [0.25, 0.3) is 11.7 Å². The van der Waals surface area contributed by atoms with Crippen molar-refractivity contribution < 1.29 is 62.7 Å². The normalized spacial score (nSPS) is 34.7. The number of hydrogen-bond acceptors (Lipinski definition) is 13. The molecule has 2 fully saturated rings. The smallest absolute Gasteiger partial charge is 0.329 e. The minimum Gasteiger partial charge on any atom is -0.460 e. The number of ketones is 4. The first-order chi connectivity index (χ1) is 31.3. The number of fused-ring (bicyclic) bond motifs is 1. The van der Waals surface area contributed by atoms with E-state index in [1.54, 1.807) is 48.2 Å². The number of esters is 1. The number of cyclic esters (lactones) is 1. The average molecular weight is 928 g/mol. The van der Waals surface area contributed by atoms with Gasteiger partial charge in [-0.3, -0.25) is 24.0 Å². The molecule has 0 aromatic carbocycles. The van der Waals surface area contributed by atoms with E-state index in [1.165, 1.54) is 7.11 Å². The lowest BCUT2D eigenvalue weighted by Gasteiger charge is -2.37. The van der Waals surface area contributed by atoms with Crippen molar-refractivity contribution in [2.75, 3.05) is 35.0 Å². The van der Waals surface area contributed by atoms with Gasteiger partial charge in [-0.05, 0) is 107 Å². The van der Waals surface area contributed by atoms with Gasteiger partial charge >= 0.3 is 5.97 Å². The number of methoxy groups -OCH3 is 4. The molecule has 1 aliphatic carbocycles. The summed E-state index contributed by atoms with van der Waals surface area (Å²) in [6, 6.07) is -1.14. The molecular formula is C52H81NO13. The van der Waals surface area contributed by atoms with Gasteiger partial charge in [0.2, 0.25) is 5.78 Å². The first kappa shape index (κ1) is 56.7. The molecule has 2 heterocycles. The van der Waals surface area contributed by atoms with Crippen LogP contribution in [-0.2, 0) is 52.5 Å². The summed E-state index contributed by atoms with van der Waals surface area (Å²) < 4.78 is 28.9. The van der Waals surface area contributed by atoms with E-state index >= 15 is 0 Å². The summed E-state index contributed by atoms with van der Waals surface area (Å²) >= 11 is 0. The second-order valence-corrected chi connectivity index (χ2v) is 19.4. The fourth-order valence-corrected chi connectivity index (χ4v) is 9.74. The number of ether oxygens (including phenoxy) is 5. The van der Waals surface area contributed by atoms with Gasteiger partial charge in [0, 0.05) is 65.6 Å². The molecule has 1 saturated carbocycles. The Bertz CT molecular complexity index is 1750. The maximum absolute atomic E-state index is 14.2. The number of carbonyl (C=O) groups is 6. The Morgan fingerprint density at radius 2 is 1.45 bits per heavy atom. The van der Waals surface area contributed by atoms with Crippen LogP contribution >= 0.6 is 0 Å². The van der Waals surface area contributed by atoms with Gasteiger partial charge in [-0.1, -0.05) is 71.1 Å². The largest absolute Gasteiger partial charge is 0.460 e. The van der Waals surface area contributed by atoms with Crippen LogP contribution in [0.5, 0.6) is 0 Å². The van der Waals surface area contributed by atoms with E-state index in [-0.39, 0.29) is 80.2 Å². The predicted octanol–water partition coefficient (Wildman–Crippen LogP) is 6.68. The highest BCUT2D eigenvalue weighted by Gasteiger charge is 2.42. The van der Waals surface area contributed by atoms with Crippen molar-refractivity contribution in [1.29, 1.82) is 0 Å². The highest BCUT2D eigenvalue weighted by molar-refractivity contribution is 6.63. The maximum Gasteiger partial charge on any atom is 0.329 e. The molecule has 0 aromatic heterocycles. The van der Waals surface area contributed by atoms with E-state index in [4.69, 9.17) is 23.7 Å². The van der Waals surface area contributed by atoms with Crippen LogP contribution in [0.15, 0.2) is 47.6 Å². The second-order valence-electron chi connectivity index (χ2n) is 19.4. The van der Waals surface area contributed by atoms with E-state index in [9.17, 15) is 39.0 Å². The number of allylic oxidation sites excluding steroid dienone is 6. The third kappa shape index (κ3) is 16.5. The molecule has 2 N–H and O–H groups in total. The minimum atomic E-state index is -1.32. The number of aliphatic hydroxyl groups excluding tert-OH is 2. The minimum absolute atomic E-state index is 0.0178. The highest BCUT2D eigenvalue weighted by Crippen LogP contribution is 2.35. The van der Waals surface area contributed by atoms with Crippen LogP contribution in [0, 0.1) is 35.5 Å². The number of Topliss-reactive ketones (excluding diaryl/α,β-unsaturated/α-hetero) is 4. The van der Waals surface area contributed by atoms with Crippen LogP contribution in [0.25, 0.3) is 0 Å². The zero-order valence-corrected chi connectivity index (χ0v) is 41.6. The lowest BCUT2D eigenvalue weighted by atomic mass is 9.78. The van der Waals surface area contributed by atoms with E-state index in [2.05, 4.69) is 0 Å². The third-order valence-electron chi connectivity index (χ3n) is 14.1. The lowest BCUT2D eigenvalue weighted by molar-refractivity contribution is -0.166. The summed E-state index contributed by atoms with van der Waals surface area (Å²) in [4.78, 5) is 83.9. The maximum atomic E-state index is 14.2. The highest BCUT2D eigenvalue weighted by atomic mass is 16.5. The Morgan fingerprint density at radius 3 is 2.11 bits per heavy atom. The summed E-state index contributed by atoms with van der Waals surface area (Å²) in [5, 5.41) is 22.4. The van der Waals surface area contributed by atoms with Crippen LogP contribution in [0.3, 0.4) is 0 Å². The molecule has 0 aromatic rings. The molecule has 66 heavy (non-hydrogen) atoms. The SMILES string of the molecule is CO[C@H]1C[C@@H](O)CC[C@@H](C)C(=O)C(=O)C(=O)N2CCCC[C@H]2C(=O)O[C@H]([C@H](C)C[C@@H]2CC[C@@H](OC)[C@H](OC)C2)CC(=O)[C@H](C)C=C(C)[C@@H](O)[C@@H](OC)C(=O)[C@H](C)C[C@H](C)C=CC=CC=C1C. The van der Waals surface area contributed by atoms with E-state index in [0.29, 0.717) is 31.3 Å². The molecule has 3 aliphatic rings. The Morgan fingerprint density at radius 1 is 0.758 bits per heavy atom. The fourth-order valence-electron chi connectivity index (χ4n) is 9.74. The van der Waals surface area contributed by atoms with E-state index in [1.807, 2.05) is 58.1 Å². The summed E-state index contributed by atoms with van der Waals surface area (Å²) in [6.07, 6.45) is 11.5. The third-order valence-corrected chi connectivity index (χ3v) is 14.1. The molecule has 0 radical (unpaired) electrons. The zero-order valence-electron chi connectivity index (χ0n) is 41.6. The molecule has 372 valence electrons. The van der Waals surface area contributed by atoms with E-state index < -0.39 is 77.8 Å². The molecule has 14 nitrogen and oxygen atoms in total. The van der Waals surface area contributed by atoms with Gasteiger partial charge in [-0.2, -0.15) is 0 Å². The van der Waals surface area contributed by atoms with Crippen LogP contribution in [0.2, 0.25) is 0 Å². The van der Waals surface area contributed by atoms with Crippen molar-refractivity contribution in [3.8, 4) is 0 Å². The number of nitrogens with zero attached hydrogens (tertiary/aromatic N) is 1.